The first-order valence-corrected chi connectivity index (χ1v) is 6.86. The van der Waals surface area contributed by atoms with Crippen LogP contribution in [0.3, 0.4) is 0 Å². The van der Waals surface area contributed by atoms with Gasteiger partial charge in [-0.25, -0.2) is 0 Å². The highest BCUT2D eigenvalue weighted by Gasteiger charge is 2.20. The van der Waals surface area contributed by atoms with Crippen LogP contribution >= 0.6 is 0 Å². The number of benzene rings is 1. The molecule has 1 aromatic heterocycles. The molecule has 0 N–H and O–H groups in total. The Morgan fingerprint density at radius 3 is 2.68 bits per heavy atom. The van der Waals surface area contributed by atoms with E-state index in [1.54, 1.807) is 41.4 Å². The second kappa shape index (κ2) is 5.95. The first-order chi connectivity index (χ1) is 10.7. The molecule has 22 heavy (non-hydrogen) atoms. The molecule has 0 spiro atoms. The molecule has 1 aliphatic heterocycles. The van der Waals surface area contributed by atoms with Crippen LogP contribution in [-0.2, 0) is 9.53 Å². The summed E-state index contributed by atoms with van der Waals surface area (Å²) in [6.07, 6.45) is 2.13. The van der Waals surface area contributed by atoms with E-state index >= 15 is 0 Å². The number of hydrogen-bond acceptors (Lipinski definition) is 4. The quantitative estimate of drug-likeness (QED) is 0.793. The number of carbonyl (C=O) groups excluding carboxylic acids is 2. The van der Waals surface area contributed by atoms with E-state index in [2.05, 4.69) is 0 Å². The smallest absolute Gasteiger partial charge is 0.265 e. The molecule has 1 aromatic carbocycles. The van der Waals surface area contributed by atoms with Crippen molar-refractivity contribution in [2.75, 3.05) is 24.7 Å². The van der Waals surface area contributed by atoms with Gasteiger partial charge in [0, 0.05) is 18.4 Å². The van der Waals surface area contributed by atoms with Gasteiger partial charge in [0.2, 0.25) is 0 Å². The van der Waals surface area contributed by atoms with Crippen molar-refractivity contribution >= 4 is 17.9 Å². The Bertz CT molecular complexity index is 782. The van der Waals surface area contributed by atoms with Crippen molar-refractivity contribution < 1.29 is 14.3 Å². The minimum atomic E-state index is -0.386. The van der Waals surface area contributed by atoms with Crippen molar-refractivity contribution in [2.45, 2.75) is 0 Å². The van der Waals surface area contributed by atoms with Gasteiger partial charge in [-0.05, 0) is 30.3 Å². The summed E-state index contributed by atoms with van der Waals surface area (Å²) in [5, 5.41) is 0. The molecule has 2 heterocycles. The molecule has 6 heteroatoms. The van der Waals surface area contributed by atoms with Crippen LogP contribution in [0.15, 0.2) is 47.4 Å². The van der Waals surface area contributed by atoms with Crippen LogP contribution in [0.2, 0.25) is 0 Å². The molecule has 112 valence electrons. The van der Waals surface area contributed by atoms with Crippen LogP contribution in [0.25, 0.3) is 5.69 Å². The summed E-state index contributed by atoms with van der Waals surface area (Å²) >= 11 is 0. The van der Waals surface area contributed by atoms with Crippen LogP contribution in [0.4, 0.5) is 5.69 Å². The first-order valence-electron chi connectivity index (χ1n) is 6.86. The summed E-state index contributed by atoms with van der Waals surface area (Å²) in [6.45, 7) is 1.02. The number of carbonyl (C=O) groups is 2. The Balaban J connectivity index is 2.03. The number of amides is 1. The number of rotatable bonds is 3. The molecular formula is C16H14N2O4. The van der Waals surface area contributed by atoms with Gasteiger partial charge in [-0.15, -0.1) is 0 Å². The fourth-order valence-corrected chi connectivity index (χ4v) is 2.41. The van der Waals surface area contributed by atoms with Gasteiger partial charge in [0.05, 0.1) is 17.9 Å². The van der Waals surface area contributed by atoms with Gasteiger partial charge in [-0.1, -0.05) is 6.07 Å². The lowest BCUT2D eigenvalue weighted by molar-refractivity contribution is -0.125. The zero-order chi connectivity index (χ0) is 15.5. The second-order valence-electron chi connectivity index (χ2n) is 4.87. The van der Waals surface area contributed by atoms with Crippen LogP contribution in [0.1, 0.15) is 10.4 Å². The summed E-state index contributed by atoms with van der Waals surface area (Å²) in [5.41, 5.74) is 1.01. The minimum absolute atomic E-state index is 0.0603. The summed E-state index contributed by atoms with van der Waals surface area (Å²) in [5.74, 6) is -0.114. The lowest BCUT2D eigenvalue weighted by Gasteiger charge is -2.27. The number of nitrogens with zero attached hydrogens (tertiary/aromatic N) is 2. The molecule has 3 rings (SSSR count). The Labute approximate surface area is 126 Å². The third-order valence-electron chi connectivity index (χ3n) is 3.51. The average Bonchev–Trinajstić information content (AvgIpc) is 2.55. The molecule has 0 atom stereocenters. The summed E-state index contributed by atoms with van der Waals surface area (Å²) < 4.78 is 6.50. The van der Waals surface area contributed by atoms with Crippen molar-refractivity contribution in [3.05, 3.63) is 58.5 Å². The zero-order valence-electron chi connectivity index (χ0n) is 11.8. The molecule has 0 unspecified atom stereocenters. The monoisotopic (exact) mass is 298 g/mol. The summed E-state index contributed by atoms with van der Waals surface area (Å²) in [7, 11) is 0. The van der Waals surface area contributed by atoms with Crippen molar-refractivity contribution in [1.82, 2.24) is 4.57 Å². The molecule has 0 bridgehead atoms. The van der Waals surface area contributed by atoms with Gasteiger partial charge in [0.25, 0.3) is 11.5 Å². The summed E-state index contributed by atoms with van der Waals surface area (Å²) in [6, 6.07) is 10.2. The fraction of sp³-hybridized carbons (Fsp3) is 0.188. The normalized spacial score (nSPS) is 14.9. The number of hydrogen-bond donors (Lipinski definition) is 0. The van der Waals surface area contributed by atoms with Crippen LogP contribution in [-0.4, -0.2) is 36.5 Å². The lowest BCUT2D eigenvalue weighted by Crippen LogP contribution is -2.41. The third-order valence-corrected chi connectivity index (χ3v) is 3.51. The van der Waals surface area contributed by atoms with Crippen LogP contribution < -0.4 is 10.5 Å². The van der Waals surface area contributed by atoms with E-state index in [1.807, 2.05) is 0 Å². The molecule has 0 aliphatic carbocycles. The van der Waals surface area contributed by atoms with E-state index in [0.717, 1.165) is 0 Å². The number of morpholine rings is 1. The van der Waals surface area contributed by atoms with Crippen LogP contribution in [0, 0.1) is 0 Å². The summed E-state index contributed by atoms with van der Waals surface area (Å²) in [4.78, 5) is 36.6. The lowest BCUT2D eigenvalue weighted by atomic mass is 10.2. The van der Waals surface area contributed by atoms with Gasteiger partial charge in [-0.3, -0.25) is 19.0 Å². The van der Waals surface area contributed by atoms with Crippen molar-refractivity contribution in [3.63, 3.8) is 0 Å². The molecule has 0 radical (unpaired) electrons. The van der Waals surface area contributed by atoms with Gasteiger partial charge < -0.3 is 9.64 Å². The van der Waals surface area contributed by atoms with Gasteiger partial charge >= 0.3 is 0 Å². The average molecular weight is 298 g/mol. The van der Waals surface area contributed by atoms with E-state index in [4.69, 9.17) is 4.74 Å². The van der Waals surface area contributed by atoms with Crippen molar-refractivity contribution in [2.24, 2.45) is 0 Å². The van der Waals surface area contributed by atoms with Crippen molar-refractivity contribution in [3.8, 4) is 5.69 Å². The zero-order valence-corrected chi connectivity index (χ0v) is 11.8. The molecule has 2 aromatic rings. The number of pyridine rings is 1. The maximum Gasteiger partial charge on any atom is 0.265 e. The van der Waals surface area contributed by atoms with E-state index in [0.29, 0.717) is 30.8 Å². The number of aromatic nitrogens is 1. The number of aldehydes is 1. The Hall–Kier alpha value is -2.73. The molecular weight excluding hydrogens is 284 g/mol. The predicted molar refractivity (Wildman–Crippen MR) is 80.6 cm³/mol. The topological polar surface area (TPSA) is 68.6 Å². The highest BCUT2D eigenvalue weighted by molar-refractivity contribution is 5.95. The SMILES string of the molecule is O=Cc1cccn(-c2cccc(N3CCOCC3=O)c2)c1=O. The highest BCUT2D eigenvalue weighted by Crippen LogP contribution is 2.19. The molecule has 1 amide bonds. The number of anilines is 1. The van der Waals surface area contributed by atoms with E-state index in [-0.39, 0.29) is 23.6 Å². The van der Waals surface area contributed by atoms with Gasteiger partial charge in [0.1, 0.15) is 6.61 Å². The Kier molecular flexibility index (Phi) is 3.84. The fourth-order valence-electron chi connectivity index (χ4n) is 2.41. The van der Waals surface area contributed by atoms with Crippen LogP contribution in [0.5, 0.6) is 0 Å². The molecule has 1 fully saturated rings. The van der Waals surface area contributed by atoms with Gasteiger partial charge in [-0.2, -0.15) is 0 Å². The standard InChI is InChI=1S/C16H14N2O4/c19-10-12-3-2-6-18(16(12)21)14-5-1-4-13(9-14)17-7-8-22-11-15(17)20/h1-6,9-10H,7-8,11H2. The number of ether oxygens (including phenoxy) is 1. The van der Waals surface area contributed by atoms with E-state index in [9.17, 15) is 14.4 Å². The molecule has 0 saturated carbocycles. The molecule has 1 aliphatic rings. The predicted octanol–water partition coefficient (Wildman–Crippen LogP) is 1.01. The maximum absolute atomic E-state index is 12.2. The third kappa shape index (κ3) is 2.56. The van der Waals surface area contributed by atoms with Gasteiger partial charge in [0.15, 0.2) is 6.29 Å². The largest absolute Gasteiger partial charge is 0.370 e. The van der Waals surface area contributed by atoms with E-state index in [1.165, 1.54) is 10.6 Å². The van der Waals surface area contributed by atoms with E-state index < -0.39 is 0 Å². The Morgan fingerprint density at radius 2 is 1.91 bits per heavy atom. The molecule has 1 saturated heterocycles. The van der Waals surface area contributed by atoms with Crippen molar-refractivity contribution in [1.29, 1.82) is 0 Å². The molecule has 6 nitrogen and oxygen atoms in total. The maximum atomic E-state index is 12.2. The second-order valence-corrected chi connectivity index (χ2v) is 4.87. The first kappa shape index (κ1) is 14.2. The Morgan fingerprint density at radius 1 is 1.09 bits per heavy atom. The minimum Gasteiger partial charge on any atom is -0.370 e. The highest BCUT2D eigenvalue weighted by atomic mass is 16.5.